The fourth-order valence-electron chi connectivity index (χ4n) is 3.51. The van der Waals surface area contributed by atoms with E-state index in [-0.39, 0.29) is 17.9 Å². The smallest absolute Gasteiger partial charge is 0.237 e. The van der Waals surface area contributed by atoms with Crippen LogP contribution < -0.4 is 11.1 Å². The molecule has 120 valence electrons. The molecule has 1 unspecified atom stereocenters. The minimum absolute atomic E-state index is 0.0440. The van der Waals surface area contributed by atoms with Crippen LogP contribution in [0.5, 0.6) is 0 Å². The average Bonchev–Trinajstić information content (AvgIpc) is 3.33. The summed E-state index contributed by atoms with van der Waals surface area (Å²) in [7, 11) is 0. The van der Waals surface area contributed by atoms with Crippen LogP contribution in [-0.4, -0.2) is 55.7 Å². The van der Waals surface area contributed by atoms with Crippen LogP contribution in [0.1, 0.15) is 38.5 Å². The van der Waals surface area contributed by atoms with Crippen molar-refractivity contribution >= 4 is 5.91 Å². The highest BCUT2D eigenvalue weighted by atomic mass is 16.5. The van der Waals surface area contributed by atoms with E-state index in [0.29, 0.717) is 6.04 Å². The zero-order valence-electron chi connectivity index (χ0n) is 12.9. The summed E-state index contributed by atoms with van der Waals surface area (Å²) in [5, 5.41) is 3.17. The molecule has 1 amide bonds. The second-order valence-electron chi connectivity index (χ2n) is 7.00. The first-order valence-corrected chi connectivity index (χ1v) is 8.58. The molecular weight excluding hydrogens is 266 g/mol. The van der Waals surface area contributed by atoms with E-state index in [4.69, 9.17) is 10.5 Å². The first-order valence-electron chi connectivity index (χ1n) is 8.58. The highest BCUT2D eigenvalue weighted by Gasteiger charge is 2.30. The zero-order valence-corrected chi connectivity index (χ0v) is 12.9. The Morgan fingerprint density at radius 3 is 2.43 bits per heavy atom. The van der Waals surface area contributed by atoms with Gasteiger partial charge in [-0.3, -0.25) is 4.79 Å². The number of carbonyl (C=O) groups is 1. The number of amides is 1. The van der Waals surface area contributed by atoms with Gasteiger partial charge in [0.2, 0.25) is 5.91 Å². The second-order valence-corrected chi connectivity index (χ2v) is 7.00. The Morgan fingerprint density at radius 2 is 1.81 bits per heavy atom. The summed E-state index contributed by atoms with van der Waals surface area (Å²) >= 11 is 0. The average molecular weight is 295 g/mol. The zero-order chi connectivity index (χ0) is 14.7. The summed E-state index contributed by atoms with van der Waals surface area (Å²) in [5.74, 6) is 1.29. The van der Waals surface area contributed by atoms with Gasteiger partial charge in [0.25, 0.3) is 0 Å². The monoisotopic (exact) mass is 295 g/mol. The lowest BCUT2D eigenvalue weighted by Gasteiger charge is -2.34. The fraction of sp³-hybridized carbons (Fsp3) is 0.938. The van der Waals surface area contributed by atoms with Crippen molar-refractivity contribution < 1.29 is 9.53 Å². The molecule has 3 N–H and O–H groups in total. The molecule has 5 heteroatoms. The van der Waals surface area contributed by atoms with Gasteiger partial charge in [-0.15, -0.1) is 0 Å². The third-order valence-corrected chi connectivity index (χ3v) is 5.22. The Balaban J connectivity index is 1.38. The number of nitrogens with zero attached hydrogens (tertiary/aromatic N) is 1. The molecule has 2 heterocycles. The molecule has 5 nitrogen and oxygen atoms in total. The van der Waals surface area contributed by atoms with E-state index >= 15 is 0 Å². The molecule has 3 aliphatic rings. The number of ether oxygens (including phenoxy) is 1. The molecule has 0 bridgehead atoms. The van der Waals surface area contributed by atoms with Crippen molar-refractivity contribution in [1.29, 1.82) is 0 Å². The third kappa shape index (κ3) is 4.41. The van der Waals surface area contributed by atoms with E-state index in [1.54, 1.807) is 0 Å². The van der Waals surface area contributed by atoms with Gasteiger partial charge in [-0.1, -0.05) is 0 Å². The van der Waals surface area contributed by atoms with Crippen LogP contribution in [0.3, 0.4) is 0 Å². The maximum absolute atomic E-state index is 12.3. The van der Waals surface area contributed by atoms with Gasteiger partial charge in [0.15, 0.2) is 0 Å². The first kappa shape index (κ1) is 15.3. The molecule has 0 radical (unpaired) electrons. The Hall–Kier alpha value is -0.650. The SMILES string of the molecule is NC(C(=O)NC1CCN(CC2CC2)CC1)C1CCOCC1. The number of piperidine rings is 1. The predicted molar refractivity (Wildman–Crippen MR) is 81.8 cm³/mol. The van der Waals surface area contributed by atoms with Gasteiger partial charge in [-0.05, 0) is 50.4 Å². The quantitative estimate of drug-likeness (QED) is 0.785. The van der Waals surface area contributed by atoms with Gasteiger partial charge >= 0.3 is 0 Å². The molecular formula is C16H29N3O2. The van der Waals surface area contributed by atoms with Crippen LogP contribution in [0, 0.1) is 11.8 Å². The molecule has 3 rings (SSSR count). The van der Waals surface area contributed by atoms with Crippen LogP contribution in [0.15, 0.2) is 0 Å². The number of rotatable bonds is 5. The number of nitrogens with one attached hydrogen (secondary N) is 1. The van der Waals surface area contributed by atoms with Gasteiger partial charge in [0.05, 0.1) is 6.04 Å². The minimum atomic E-state index is -0.363. The Labute approximate surface area is 127 Å². The van der Waals surface area contributed by atoms with Gasteiger partial charge in [-0.2, -0.15) is 0 Å². The molecule has 0 aromatic carbocycles. The number of likely N-dealkylation sites (tertiary alicyclic amines) is 1. The maximum Gasteiger partial charge on any atom is 0.237 e. The summed E-state index contributed by atoms with van der Waals surface area (Å²) in [4.78, 5) is 14.8. The number of hydrogen-bond acceptors (Lipinski definition) is 4. The van der Waals surface area contributed by atoms with Gasteiger partial charge < -0.3 is 20.7 Å². The second kappa shape index (κ2) is 7.07. The van der Waals surface area contributed by atoms with E-state index in [1.807, 2.05) is 0 Å². The van der Waals surface area contributed by atoms with E-state index in [1.165, 1.54) is 19.4 Å². The first-order chi connectivity index (χ1) is 10.2. The summed E-state index contributed by atoms with van der Waals surface area (Å²) in [6, 6.07) is -0.0442. The van der Waals surface area contributed by atoms with Crippen LogP contribution in [0.2, 0.25) is 0 Å². The van der Waals surface area contributed by atoms with Crippen molar-refractivity contribution in [3.8, 4) is 0 Å². The molecule has 0 aromatic rings. The third-order valence-electron chi connectivity index (χ3n) is 5.22. The van der Waals surface area contributed by atoms with Gasteiger partial charge in [0, 0.05) is 38.9 Å². The van der Waals surface area contributed by atoms with Crippen LogP contribution in [0.25, 0.3) is 0 Å². The van der Waals surface area contributed by atoms with Crippen LogP contribution in [0.4, 0.5) is 0 Å². The number of nitrogens with two attached hydrogens (primary N) is 1. The van der Waals surface area contributed by atoms with E-state index in [2.05, 4.69) is 10.2 Å². The molecule has 2 saturated heterocycles. The van der Waals surface area contributed by atoms with E-state index < -0.39 is 0 Å². The molecule has 21 heavy (non-hydrogen) atoms. The minimum Gasteiger partial charge on any atom is -0.381 e. The maximum atomic E-state index is 12.3. The van der Waals surface area contributed by atoms with Gasteiger partial charge in [-0.25, -0.2) is 0 Å². The lowest BCUT2D eigenvalue weighted by molar-refractivity contribution is -0.125. The molecule has 2 aliphatic heterocycles. The van der Waals surface area contributed by atoms with Crippen LogP contribution in [-0.2, 0) is 9.53 Å². The lowest BCUT2D eigenvalue weighted by atomic mass is 9.91. The summed E-state index contributed by atoms with van der Waals surface area (Å²) < 4.78 is 5.34. The normalized spacial score (nSPS) is 27.5. The van der Waals surface area contributed by atoms with Crippen molar-refractivity contribution in [2.24, 2.45) is 17.6 Å². The molecule has 3 fully saturated rings. The van der Waals surface area contributed by atoms with Gasteiger partial charge in [0.1, 0.15) is 0 Å². The van der Waals surface area contributed by atoms with E-state index in [9.17, 15) is 4.79 Å². The fourth-order valence-corrected chi connectivity index (χ4v) is 3.51. The molecule has 1 atom stereocenters. The summed E-state index contributed by atoms with van der Waals surface area (Å²) in [5.41, 5.74) is 6.13. The highest BCUT2D eigenvalue weighted by molar-refractivity contribution is 5.82. The Morgan fingerprint density at radius 1 is 1.14 bits per heavy atom. The van der Waals surface area contributed by atoms with E-state index in [0.717, 1.165) is 57.9 Å². The van der Waals surface area contributed by atoms with Crippen molar-refractivity contribution in [3.05, 3.63) is 0 Å². The van der Waals surface area contributed by atoms with Crippen molar-refractivity contribution in [3.63, 3.8) is 0 Å². The van der Waals surface area contributed by atoms with Crippen molar-refractivity contribution in [2.75, 3.05) is 32.8 Å². The van der Waals surface area contributed by atoms with Crippen molar-refractivity contribution in [1.82, 2.24) is 10.2 Å². The lowest BCUT2D eigenvalue weighted by Crippen LogP contribution is -2.52. The van der Waals surface area contributed by atoms with Crippen molar-refractivity contribution in [2.45, 2.75) is 50.6 Å². The molecule has 1 saturated carbocycles. The topological polar surface area (TPSA) is 67.6 Å². The number of carbonyl (C=O) groups excluding carboxylic acids is 1. The Kier molecular flexibility index (Phi) is 5.14. The number of hydrogen-bond donors (Lipinski definition) is 2. The standard InChI is InChI=1S/C16H29N3O2/c17-15(13-5-9-21-10-6-13)16(20)18-14-3-7-19(8-4-14)11-12-1-2-12/h12-15H,1-11,17H2,(H,18,20). The molecule has 0 spiro atoms. The molecule has 1 aliphatic carbocycles. The molecule has 0 aromatic heterocycles. The summed E-state index contributed by atoms with van der Waals surface area (Å²) in [6.45, 7) is 4.99. The Bertz CT molecular complexity index is 345. The van der Waals surface area contributed by atoms with Crippen LogP contribution >= 0.6 is 0 Å². The predicted octanol–water partition coefficient (Wildman–Crippen LogP) is 0.731. The summed E-state index contributed by atoms with van der Waals surface area (Å²) in [6.07, 6.45) is 6.79. The largest absolute Gasteiger partial charge is 0.381 e. The highest BCUT2D eigenvalue weighted by Crippen LogP contribution is 2.30.